The van der Waals surface area contributed by atoms with Crippen LogP contribution >= 0.6 is 23.8 Å². The second kappa shape index (κ2) is 5.35. The predicted octanol–water partition coefficient (Wildman–Crippen LogP) is 4.19. The van der Waals surface area contributed by atoms with Crippen molar-refractivity contribution in [3.63, 3.8) is 0 Å². The van der Waals surface area contributed by atoms with Crippen LogP contribution in [0.2, 0.25) is 5.02 Å². The van der Waals surface area contributed by atoms with Gasteiger partial charge in [0.2, 0.25) is 5.91 Å². The molecule has 1 aliphatic heterocycles. The van der Waals surface area contributed by atoms with E-state index in [0.29, 0.717) is 16.4 Å². The molecule has 2 aromatic rings. The lowest BCUT2D eigenvalue weighted by Crippen LogP contribution is -2.28. The van der Waals surface area contributed by atoms with Crippen LogP contribution in [0.15, 0.2) is 54.6 Å². The smallest absolute Gasteiger partial charge is 0.233 e. The van der Waals surface area contributed by atoms with Crippen molar-refractivity contribution in [3.8, 4) is 0 Å². The van der Waals surface area contributed by atoms with Crippen molar-refractivity contribution < 1.29 is 4.79 Å². The summed E-state index contributed by atoms with van der Waals surface area (Å²) in [5.41, 5.74) is 1.82. The van der Waals surface area contributed by atoms with E-state index >= 15 is 0 Å². The molecule has 1 heterocycles. The van der Waals surface area contributed by atoms with E-state index in [1.165, 1.54) is 0 Å². The average molecular weight is 302 g/mol. The topological polar surface area (TPSA) is 20.3 Å². The molecule has 0 spiro atoms. The predicted molar refractivity (Wildman–Crippen MR) is 85.3 cm³/mol. The number of hydrogen-bond acceptors (Lipinski definition) is 2. The Morgan fingerprint density at radius 2 is 1.85 bits per heavy atom. The van der Waals surface area contributed by atoms with Gasteiger partial charge in [-0.3, -0.25) is 9.69 Å². The molecule has 0 saturated carbocycles. The number of halogens is 1. The van der Waals surface area contributed by atoms with Gasteiger partial charge in [-0.15, -0.1) is 0 Å². The van der Waals surface area contributed by atoms with Crippen molar-refractivity contribution in [2.75, 3.05) is 4.90 Å². The Morgan fingerprint density at radius 3 is 2.55 bits per heavy atom. The number of nitrogens with zero attached hydrogens (tertiary/aromatic N) is 1. The van der Waals surface area contributed by atoms with Gasteiger partial charge in [-0.05, 0) is 23.8 Å². The second-order valence-corrected chi connectivity index (χ2v) is 5.57. The summed E-state index contributed by atoms with van der Waals surface area (Å²) in [5.74, 6) is -0.0104. The summed E-state index contributed by atoms with van der Waals surface area (Å²) < 4.78 is 0. The number of hydrogen-bond donors (Lipinski definition) is 0. The third kappa shape index (κ3) is 2.35. The number of carbonyl (C=O) groups is 1. The van der Waals surface area contributed by atoms with Gasteiger partial charge in [0.15, 0.2) is 0 Å². The van der Waals surface area contributed by atoms with Crippen molar-refractivity contribution >= 4 is 40.4 Å². The van der Waals surface area contributed by atoms with Crippen LogP contribution in [-0.4, -0.2) is 10.9 Å². The first-order valence-corrected chi connectivity index (χ1v) is 7.13. The van der Waals surface area contributed by atoms with Gasteiger partial charge in [0, 0.05) is 17.4 Å². The van der Waals surface area contributed by atoms with E-state index in [4.69, 9.17) is 23.8 Å². The summed E-state index contributed by atoms with van der Waals surface area (Å²) in [7, 11) is 0. The Morgan fingerprint density at radius 1 is 1.10 bits per heavy atom. The Bertz CT molecular complexity index is 671. The largest absolute Gasteiger partial charge is 0.274 e. The van der Waals surface area contributed by atoms with Crippen LogP contribution in [0.3, 0.4) is 0 Å². The van der Waals surface area contributed by atoms with Gasteiger partial charge in [0.1, 0.15) is 0 Å². The minimum atomic E-state index is -0.0299. The molecule has 0 aliphatic carbocycles. The average Bonchev–Trinajstić information content (AvgIpc) is 2.75. The van der Waals surface area contributed by atoms with Crippen LogP contribution in [0.4, 0.5) is 5.69 Å². The Kier molecular flexibility index (Phi) is 3.55. The minimum Gasteiger partial charge on any atom is -0.274 e. The molecule has 1 amide bonds. The van der Waals surface area contributed by atoms with Crippen molar-refractivity contribution in [3.05, 3.63) is 65.2 Å². The van der Waals surface area contributed by atoms with E-state index in [1.54, 1.807) is 17.0 Å². The fourth-order valence-electron chi connectivity index (χ4n) is 2.46. The number of amides is 1. The molecule has 1 fully saturated rings. The highest BCUT2D eigenvalue weighted by Crippen LogP contribution is 2.34. The fraction of sp³-hybridized carbons (Fsp3) is 0.125. The first-order valence-electron chi connectivity index (χ1n) is 6.34. The van der Waals surface area contributed by atoms with E-state index in [2.05, 4.69) is 0 Å². The molecule has 4 heteroatoms. The Labute approximate surface area is 128 Å². The van der Waals surface area contributed by atoms with Crippen LogP contribution in [-0.2, 0) is 4.79 Å². The van der Waals surface area contributed by atoms with E-state index < -0.39 is 0 Å². The van der Waals surface area contributed by atoms with Gasteiger partial charge >= 0.3 is 0 Å². The van der Waals surface area contributed by atoms with Crippen LogP contribution in [0.5, 0.6) is 0 Å². The van der Waals surface area contributed by atoms with Crippen molar-refractivity contribution in [2.45, 2.75) is 12.3 Å². The van der Waals surface area contributed by atoms with Gasteiger partial charge in [0.25, 0.3) is 0 Å². The number of rotatable bonds is 2. The van der Waals surface area contributed by atoms with Gasteiger partial charge < -0.3 is 0 Å². The van der Waals surface area contributed by atoms with Crippen LogP contribution in [0, 0.1) is 0 Å². The van der Waals surface area contributed by atoms with E-state index in [0.717, 1.165) is 11.3 Å². The first-order chi connectivity index (χ1) is 9.66. The normalized spacial score (nSPS) is 18.6. The number of thiocarbonyl (C=S) groups is 1. The lowest BCUT2D eigenvalue weighted by atomic mass is 9.98. The van der Waals surface area contributed by atoms with E-state index in [9.17, 15) is 4.79 Å². The van der Waals surface area contributed by atoms with Gasteiger partial charge in [-0.25, -0.2) is 0 Å². The summed E-state index contributed by atoms with van der Waals surface area (Å²) in [4.78, 5) is 14.5. The third-order valence-electron chi connectivity index (χ3n) is 3.41. The molecule has 0 bridgehead atoms. The van der Waals surface area contributed by atoms with Crippen molar-refractivity contribution in [2.24, 2.45) is 0 Å². The maximum absolute atomic E-state index is 12.3. The lowest BCUT2D eigenvalue weighted by Gasteiger charge is -2.18. The molecule has 100 valence electrons. The van der Waals surface area contributed by atoms with E-state index in [1.807, 2.05) is 42.5 Å². The van der Waals surface area contributed by atoms with Gasteiger partial charge in [-0.2, -0.15) is 0 Å². The first kappa shape index (κ1) is 13.3. The standard InChI is InChI=1S/C16H12ClNOS/c17-12-7-4-8-13(9-12)18-15(19)10-14(16(18)20)11-5-2-1-3-6-11/h1-9,14H,10H2. The molecule has 2 aromatic carbocycles. The summed E-state index contributed by atoms with van der Waals surface area (Å²) in [5, 5.41) is 0.598. The lowest BCUT2D eigenvalue weighted by molar-refractivity contribution is -0.116. The zero-order chi connectivity index (χ0) is 14.1. The summed E-state index contributed by atoms with van der Waals surface area (Å²) >= 11 is 11.5. The van der Waals surface area contributed by atoms with Crippen molar-refractivity contribution in [1.82, 2.24) is 0 Å². The van der Waals surface area contributed by atoms with Crippen LogP contribution < -0.4 is 4.90 Å². The van der Waals surface area contributed by atoms with Crippen LogP contribution in [0.25, 0.3) is 0 Å². The molecule has 2 nitrogen and oxygen atoms in total. The Hall–Kier alpha value is -1.71. The SMILES string of the molecule is O=C1CC(c2ccccc2)C(=S)N1c1cccc(Cl)c1. The summed E-state index contributed by atoms with van der Waals surface area (Å²) in [6.45, 7) is 0. The fourth-order valence-corrected chi connectivity index (χ4v) is 3.08. The molecule has 0 N–H and O–H groups in total. The number of carbonyl (C=O) groups excluding carboxylic acids is 1. The van der Waals surface area contributed by atoms with Gasteiger partial charge in [-0.1, -0.05) is 60.2 Å². The highest BCUT2D eigenvalue weighted by atomic mass is 35.5. The molecular weight excluding hydrogens is 290 g/mol. The third-order valence-corrected chi connectivity index (χ3v) is 4.12. The number of benzene rings is 2. The molecule has 1 unspecified atom stereocenters. The zero-order valence-corrected chi connectivity index (χ0v) is 12.2. The zero-order valence-electron chi connectivity index (χ0n) is 10.6. The molecule has 1 atom stereocenters. The van der Waals surface area contributed by atoms with Crippen LogP contribution in [0.1, 0.15) is 17.9 Å². The van der Waals surface area contributed by atoms with E-state index in [-0.39, 0.29) is 11.8 Å². The minimum absolute atomic E-state index is 0.0196. The molecule has 20 heavy (non-hydrogen) atoms. The number of anilines is 1. The highest BCUT2D eigenvalue weighted by molar-refractivity contribution is 7.80. The molecule has 3 rings (SSSR count). The molecule has 0 radical (unpaired) electrons. The maximum atomic E-state index is 12.3. The molecular formula is C16H12ClNOS. The van der Waals surface area contributed by atoms with Gasteiger partial charge in [0.05, 0.1) is 10.7 Å². The quantitative estimate of drug-likeness (QED) is 0.775. The molecule has 1 saturated heterocycles. The monoisotopic (exact) mass is 301 g/mol. The highest BCUT2D eigenvalue weighted by Gasteiger charge is 2.36. The maximum Gasteiger partial charge on any atom is 0.233 e. The molecule has 1 aliphatic rings. The second-order valence-electron chi connectivity index (χ2n) is 4.71. The van der Waals surface area contributed by atoms with Crippen molar-refractivity contribution in [1.29, 1.82) is 0 Å². The summed E-state index contributed by atoms with van der Waals surface area (Å²) in [6.07, 6.45) is 0.412. The molecule has 0 aromatic heterocycles. The summed E-state index contributed by atoms with van der Waals surface area (Å²) in [6, 6.07) is 17.1. The Balaban J connectivity index is 1.95.